The average Bonchev–Trinajstić information content (AvgIpc) is 2.65. The van der Waals surface area contributed by atoms with Gasteiger partial charge in [0, 0.05) is 24.7 Å². The summed E-state index contributed by atoms with van der Waals surface area (Å²) in [6, 6.07) is 2.21. The Labute approximate surface area is 119 Å². The van der Waals surface area contributed by atoms with Gasteiger partial charge in [-0.3, -0.25) is 0 Å². The van der Waals surface area contributed by atoms with Crippen molar-refractivity contribution >= 4 is 0 Å². The van der Waals surface area contributed by atoms with Gasteiger partial charge in [-0.1, -0.05) is 6.92 Å². The summed E-state index contributed by atoms with van der Waals surface area (Å²) in [4.78, 5) is 5.24. The second-order valence-corrected chi connectivity index (χ2v) is 6.66. The highest BCUT2D eigenvalue weighted by Crippen LogP contribution is 2.16. The van der Waals surface area contributed by atoms with Crippen LogP contribution in [-0.2, 0) is 0 Å². The molecule has 2 unspecified atom stereocenters. The summed E-state index contributed by atoms with van der Waals surface area (Å²) in [5.41, 5.74) is 0. The van der Waals surface area contributed by atoms with Gasteiger partial charge < -0.3 is 15.1 Å². The van der Waals surface area contributed by atoms with Gasteiger partial charge in [0.1, 0.15) is 0 Å². The maximum absolute atomic E-state index is 3.95. The standard InChI is InChI=1S/C16H33N3/c1-4-18-10-5-8-16(13-18)17-15-7-6-11-19(12-9-15)14(2)3/h14-17H,4-13H2,1-3H3. The first-order valence-electron chi connectivity index (χ1n) is 8.41. The van der Waals surface area contributed by atoms with Crippen molar-refractivity contribution in [2.45, 2.75) is 71.0 Å². The predicted octanol–water partition coefficient (Wildman–Crippen LogP) is 2.32. The quantitative estimate of drug-likeness (QED) is 0.843. The minimum absolute atomic E-state index is 0.712. The van der Waals surface area contributed by atoms with Crippen LogP contribution in [0.2, 0.25) is 0 Å². The van der Waals surface area contributed by atoms with Crippen molar-refractivity contribution < 1.29 is 0 Å². The van der Waals surface area contributed by atoms with E-state index in [1.165, 1.54) is 64.8 Å². The lowest BCUT2D eigenvalue weighted by Crippen LogP contribution is -2.49. The van der Waals surface area contributed by atoms with E-state index in [0.29, 0.717) is 6.04 Å². The molecule has 2 saturated heterocycles. The zero-order valence-electron chi connectivity index (χ0n) is 13.2. The number of hydrogen-bond acceptors (Lipinski definition) is 3. The van der Waals surface area contributed by atoms with Gasteiger partial charge >= 0.3 is 0 Å². The van der Waals surface area contributed by atoms with Crippen LogP contribution >= 0.6 is 0 Å². The summed E-state index contributed by atoms with van der Waals surface area (Å²) in [5, 5.41) is 3.95. The first-order valence-corrected chi connectivity index (χ1v) is 8.41. The number of nitrogens with zero attached hydrogens (tertiary/aromatic N) is 2. The summed E-state index contributed by atoms with van der Waals surface area (Å²) < 4.78 is 0. The Morgan fingerprint density at radius 3 is 2.47 bits per heavy atom. The van der Waals surface area contributed by atoms with Crippen molar-refractivity contribution in [3.8, 4) is 0 Å². The molecule has 2 rings (SSSR count). The fourth-order valence-electron chi connectivity index (χ4n) is 3.61. The Bertz CT molecular complexity index is 254. The lowest BCUT2D eigenvalue weighted by molar-refractivity contribution is 0.185. The average molecular weight is 267 g/mol. The summed E-state index contributed by atoms with van der Waals surface area (Å²) >= 11 is 0. The Morgan fingerprint density at radius 2 is 1.74 bits per heavy atom. The van der Waals surface area contributed by atoms with Crippen LogP contribution in [0.4, 0.5) is 0 Å². The molecule has 2 aliphatic heterocycles. The maximum atomic E-state index is 3.95. The minimum Gasteiger partial charge on any atom is -0.310 e. The van der Waals surface area contributed by atoms with Gasteiger partial charge in [-0.25, -0.2) is 0 Å². The third kappa shape index (κ3) is 4.73. The van der Waals surface area contributed by atoms with Crippen LogP contribution < -0.4 is 5.32 Å². The van der Waals surface area contributed by atoms with Gasteiger partial charge in [0.2, 0.25) is 0 Å². The molecule has 0 amide bonds. The van der Waals surface area contributed by atoms with Crippen LogP contribution in [0, 0.1) is 0 Å². The second kappa shape index (κ2) is 7.61. The number of nitrogens with one attached hydrogen (secondary N) is 1. The fourth-order valence-corrected chi connectivity index (χ4v) is 3.61. The second-order valence-electron chi connectivity index (χ2n) is 6.66. The first-order chi connectivity index (χ1) is 9.19. The maximum Gasteiger partial charge on any atom is 0.0198 e. The molecular formula is C16H33N3. The van der Waals surface area contributed by atoms with E-state index in [1.54, 1.807) is 0 Å². The van der Waals surface area contributed by atoms with Gasteiger partial charge in [-0.2, -0.15) is 0 Å². The third-order valence-corrected chi connectivity index (χ3v) is 4.92. The van der Waals surface area contributed by atoms with E-state index in [2.05, 4.69) is 35.9 Å². The molecule has 0 radical (unpaired) electrons. The summed E-state index contributed by atoms with van der Waals surface area (Å²) in [5.74, 6) is 0. The van der Waals surface area contributed by atoms with E-state index in [9.17, 15) is 0 Å². The molecule has 112 valence electrons. The molecule has 2 aliphatic rings. The Kier molecular flexibility index (Phi) is 6.11. The Hall–Kier alpha value is -0.120. The first kappa shape index (κ1) is 15.3. The van der Waals surface area contributed by atoms with Crippen molar-refractivity contribution in [1.82, 2.24) is 15.1 Å². The summed E-state index contributed by atoms with van der Waals surface area (Å²) in [6.07, 6.45) is 6.81. The topological polar surface area (TPSA) is 18.5 Å². The molecule has 1 N–H and O–H groups in total. The van der Waals surface area contributed by atoms with E-state index in [4.69, 9.17) is 0 Å². The highest BCUT2D eigenvalue weighted by atomic mass is 15.2. The van der Waals surface area contributed by atoms with E-state index in [1.807, 2.05) is 0 Å². The molecule has 3 heteroatoms. The van der Waals surface area contributed by atoms with Crippen molar-refractivity contribution in [2.24, 2.45) is 0 Å². The highest BCUT2D eigenvalue weighted by Gasteiger charge is 2.23. The molecule has 2 fully saturated rings. The molecule has 0 aromatic heterocycles. The lowest BCUT2D eigenvalue weighted by Gasteiger charge is -2.34. The predicted molar refractivity (Wildman–Crippen MR) is 82.6 cm³/mol. The van der Waals surface area contributed by atoms with Gasteiger partial charge in [-0.15, -0.1) is 0 Å². The van der Waals surface area contributed by atoms with Gasteiger partial charge in [0.15, 0.2) is 0 Å². The van der Waals surface area contributed by atoms with Crippen molar-refractivity contribution in [2.75, 3.05) is 32.7 Å². The number of likely N-dealkylation sites (N-methyl/N-ethyl adjacent to an activating group) is 1. The van der Waals surface area contributed by atoms with E-state index < -0.39 is 0 Å². The SMILES string of the molecule is CCN1CCCC(NC2CCCN(C(C)C)CC2)C1. The monoisotopic (exact) mass is 267 g/mol. The molecule has 0 aromatic carbocycles. The van der Waals surface area contributed by atoms with Crippen LogP contribution in [0.1, 0.15) is 52.9 Å². The normalized spacial score (nSPS) is 31.6. The molecular weight excluding hydrogens is 234 g/mol. The Morgan fingerprint density at radius 1 is 1.00 bits per heavy atom. The summed E-state index contributed by atoms with van der Waals surface area (Å²) in [7, 11) is 0. The lowest BCUT2D eigenvalue weighted by atomic mass is 10.0. The third-order valence-electron chi connectivity index (χ3n) is 4.92. The van der Waals surface area contributed by atoms with Crippen molar-refractivity contribution in [1.29, 1.82) is 0 Å². The number of piperidine rings is 1. The van der Waals surface area contributed by atoms with Crippen molar-refractivity contribution in [3.05, 3.63) is 0 Å². The van der Waals surface area contributed by atoms with Crippen LogP contribution in [0.5, 0.6) is 0 Å². The van der Waals surface area contributed by atoms with Crippen LogP contribution in [0.3, 0.4) is 0 Å². The fraction of sp³-hybridized carbons (Fsp3) is 1.00. The number of rotatable bonds is 4. The number of likely N-dealkylation sites (tertiary alicyclic amines) is 2. The molecule has 2 heterocycles. The molecule has 0 aromatic rings. The smallest absolute Gasteiger partial charge is 0.0198 e. The molecule has 0 spiro atoms. The molecule has 0 aliphatic carbocycles. The van der Waals surface area contributed by atoms with Gasteiger partial charge in [-0.05, 0) is 72.1 Å². The minimum atomic E-state index is 0.712. The molecule has 3 nitrogen and oxygen atoms in total. The Balaban J connectivity index is 1.76. The van der Waals surface area contributed by atoms with E-state index in [-0.39, 0.29) is 0 Å². The highest BCUT2D eigenvalue weighted by molar-refractivity contribution is 4.83. The molecule has 2 atom stereocenters. The van der Waals surface area contributed by atoms with Crippen LogP contribution in [0.25, 0.3) is 0 Å². The van der Waals surface area contributed by atoms with Gasteiger partial charge in [0.25, 0.3) is 0 Å². The van der Waals surface area contributed by atoms with Crippen LogP contribution in [0.15, 0.2) is 0 Å². The number of hydrogen-bond donors (Lipinski definition) is 1. The molecule has 0 saturated carbocycles. The summed E-state index contributed by atoms with van der Waals surface area (Å²) in [6.45, 7) is 13.3. The largest absolute Gasteiger partial charge is 0.310 e. The van der Waals surface area contributed by atoms with E-state index in [0.717, 1.165) is 12.1 Å². The van der Waals surface area contributed by atoms with Crippen molar-refractivity contribution in [3.63, 3.8) is 0 Å². The zero-order chi connectivity index (χ0) is 13.7. The molecule has 19 heavy (non-hydrogen) atoms. The molecule has 0 bridgehead atoms. The van der Waals surface area contributed by atoms with Gasteiger partial charge in [0.05, 0.1) is 0 Å². The zero-order valence-corrected chi connectivity index (χ0v) is 13.2. The van der Waals surface area contributed by atoms with Crippen LogP contribution in [-0.4, -0.2) is 60.6 Å². The van der Waals surface area contributed by atoms with E-state index >= 15 is 0 Å².